The number of oxazole rings is 1. The third kappa shape index (κ3) is 2.46. The summed E-state index contributed by atoms with van der Waals surface area (Å²) in [6.45, 7) is 2.25. The van der Waals surface area contributed by atoms with Crippen molar-refractivity contribution in [3.8, 4) is 0 Å². The van der Waals surface area contributed by atoms with Crippen molar-refractivity contribution in [2.24, 2.45) is 5.73 Å². The summed E-state index contributed by atoms with van der Waals surface area (Å²) in [4.78, 5) is 15.6. The van der Waals surface area contributed by atoms with E-state index in [1.54, 1.807) is 6.92 Å². The van der Waals surface area contributed by atoms with Gasteiger partial charge in [-0.05, 0) is 25.1 Å². The van der Waals surface area contributed by atoms with Gasteiger partial charge in [-0.2, -0.15) is 13.2 Å². The van der Waals surface area contributed by atoms with Crippen LogP contribution in [0.25, 0.3) is 11.1 Å². The molecule has 0 spiro atoms. The molecule has 1 unspecified atom stereocenters. The first-order valence-electron chi connectivity index (χ1n) is 5.65. The van der Waals surface area contributed by atoms with Crippen molar-refractivity contribution in [2.45, 2.75) is 25.6 Å². The van der Waals surface area contributed by atoms with E-state index >= 15 is 0 Å². The molecule has 0 aliphatic heterocycles. The molecule has 0 aliphatic rings. The number of hydrogen-bond donors (Lipinski definition) is 2. The number of carbonyl (C=O) groups excluding carboxylic acids is 1. The van der Waals surface area contributed by atoms with E-state index < -0.39 is 17.6 Å². The molecule has 5 nitrogen and oxygen atoms in total. The summed E-state index contributed by atoms with van der Waals surface area (Å²) in [6, 6.07) is 4.33. The summed E-state index contributed by atoms with van der Waals surface area (Å²) in [6.07, 6.45) is -4.84. The molecule has 108 valence electrons. The van der Waals surface area contributed by atoms with Crippen LogP contribution in [-0.4, -0.2) is 22.6 Å². The molecule has 20 heavy (non-hydrogen) atoms. The number of nitrogens with zero attached hydrogens (tertiary/aromatic N) is 1. The molecule has 0 aliphatic carbocycles. The van der Waals surface area contributed by atoms with Gasteiger partial charge in [0.2, 0.25) is 0 Å². The third-order valence-electron chi connectivity index (χ3n) is 2.81. The minimum absolute atomic E-state index is 0.164. The number of halogens is 3. The van der Waals surface area contributed by atoms with Crippen LogP contribution in [0.2, 0.25) is 0 Å². The third-order valence-corrected chi connectivity index (χ3v) is 2.81. The fourth-order valence-electron chi connectivity index (χ4n) is 1.51. The number of amides is 1. The Labute approximate surface area is 111 Å². The molecule has 1 heterocycles. The van der Waals surface area contributed by atoms with Gasteiger partial charge in [-0.3, -0.25) is 4.79 Å². The fourth-order valence-corrected chi connectivity index (χ4v) is 1.51. The number of aryl methyl sites for hydroxylation is 1. The van der Waals surface area contributed by atoms with Gasteiger partial charge in [0.05, 0.1) is 0 Å². The molecule has 0 fully saturated rings. The smallest absolute Gasteiger partial charge is 0.415 e. The second-order valence-electron chi connectivity index (χ2n) is 4.57. The zero-order valence-corrected chi connectivity index (χ0v) is 10.7. The Kier molecular flexibility index (Phi) is 3.21. The van der Waals surface area contributed by atoms with Crippen molar-refractivity contribution in [1.29, 1.82) is 0 Å². The minimum atomic E-state index is -4.84. The van der Waals surface area contributed by atoms with Gasteiger partial charge in [0, 0.05) is 12.6 Å². The molecule has 3 N–H and O–H groups in total. The SMILES string of the molecule is Cc1nc2cc(NC(=O)C(C)(N)C(F)(F)F)ccc2o1. The highest BCUT2D eigenvalue weighted by Crippen LogP contribution is 2.29. The molecule has 0 saturated heterocycles. The number of hydrogen-bond acceptors (Lipinski definition) is 4. The highest BCUT2D eigenvalue weighted by Gasteiger charge is 2.53. The Morgan fingerprint density at radius 2 is 2.05 bits per heavy atom. The number of carbonyl (C=O) groups is 1. The van der Waals surface area contributed by atoms with Crippen LogP contribution in [0, 0.1) is 6.92 Å². The quantitative estimate of drug-likeness (QED) is 0.888. The Balaban J connectivity index is 2.26. The van der Waals surface area contributed by atoms with Crippen LogP contribution in [0.15, 0.2) is 22.6 Å². The number of nitrogens with one attached hydrogen (secondary N) is 1. The van der Waals surface area contributed by atoms with E-state index in [9.17, 15) is 18.0 Å². The molecule has 1 amide bonds. The van der Waals surface area contributed by atoms with Crippen LogP contribution in [0.4, 0.5) is 18.9 Å². The largest absolute Gasteiger partial charge is 0.441 e. The topological polar surface area (TPSA) is 81.2 Å². The average molecular weight is 287 g/mol. The van der Waals surface area contributed by atoms with E-state index in [-0.39, 0.29) is 5.69 Å². The van der Waals surface area contributed by atoms with E-state index in [0.29, 0.717) is 23.9 Å². The highest BCUT2D eigenvalue weighted by molar-refractivity contribution is 5.99. The van der Waals surface area contributed by atoms with E-state index in [1.807, 2.05) is 0 Å². The summed E-state index contributed by atoms with van der Waals surface area (Å²) in [5.74, 6) is -0.924. The molecule has 1 aromatic heterocycles. The van der Waals surface area contributed by atoms with Crippen LogP contribution in [0.3, 0.4) is 0 Å². The number of fused-ring (bicyclic) bond motifs is 1. The van der Waals surface area contributed by atoms with Crippen LogP contribution in [-0.2, 0) is 4.79 Å². The lowest BCUT2D eigenvalue weighted by atomic mass is 10.0. The summed E-state index contributed by atoms with van der Waals surface area (Å²) in [5.41, 5.74) is 3.14. The Hall–Kier alpha value is -2.09. The minimum Gasteiger partial charge on any atom is -0.441 e. The first-order valence-corrected chi connectivity index (χ1v) is 5.65. The van der Waals surface area contributed by atoms with Gasteiger partial charge in [-0.15, -0.1) is 0 Å². The zero-order chi connectivity index (χ0) is 15.1. The molecule has 0 saturated carbocycles. The van der Waals surface area contributed by atoms with Gasteiger partial charge >= 0.3 is 6.18 Å². The van der Waals surface area contributed by atoms with E-state index in [0.717, 1.165) is 0 Å². The van der Waals surface area contributed by atoms with E-state index in [4.69, 9.17) is 10.2 Å². The standard InChI is InChI=1S/C12H12F3N3O2/c1-6-17-8-5-7(3-4-9(8)20-6)18-10(19)11(2,16)12(13,14)15/h3-5H,16H2,1-2H3,(H,18,19). The Morgan fingerprint density at radius 3 is 2.65 bits per heavy atom. The lowest BCUT2D eigenvalue weighted by Gasteiger charge is -2.26. The monoisotopic (exact) mass is 287 g/mol. The number of anilines is 1. The summed E-state index contributed by atoms with van der Waals surface area (Å²) < 4.78 is 43.1. The predicted molar refractivity (Wildman–Crippen MR) is 66.0 cm³/mol. The second-order valence-corrected chi connectivity index (χ2v) is 4.57. The molecule has 0 radical (unpaired) electrons. The van der Waals surface area contributed by atoms with Crippen LogP contribution < -0.4 is 11.1 Å². The van der Waals surface area contributed by atoms with Gasteiger partial charge in [0.15, 0.2) is 17.0 Å². The number of benzene rings is 1. The summed E-state index contributed by atoms with van der Waals surface area (Å²) >= 11 is 0. The van der Waals surface area contributed by atoms with Gasteiger partial charge in [-0.25, -0.2) is 4.98 Å². The normalized spacial score (nSPS) is 15.1. The van der Waals surface area contributed by atoms with Crippen molar-refractivity contribution >= 4 is 22.7 Å². The highest BCUT2D eigenvalue weighted by atomic mass is 19.4. The van der Waals surface area contributed by atoms with Gasteiger partial charge < -0.3 is 15.5 Å². The lowest BCUT2D eigenvalue weighted by molar-refractivity contribution is -0.184. The van der Waals surface area contributed by atoms with Crippen LogP contribution in [0.1, 0.15) is 12.8 Å². The molecule has 1 atom stereocenters. The number of nitrogens with two attached hydrogens (primary N) is 1. The average Bonchev–Trinajstić information content (AvgIpc) is 2.66. The molecule has 1 aromatic carbocycles. The molecular formula is C12H12F3N3O2. The maximum atomic E-state index is 12.6. The maximum absolute atomic E-state index is 12.6. The zero-order valence-electron chi connectivity index (χ0n) is 10.7. The van der Waals surface area contributed by atoms with Crippen molar-refractivity contribution in [1.82, 2.24) is 4.98 Å². The predicted octanol–water partition coefficient (Wildman–Crippen LogP) is 2.35. The summed E-state index contributed by atoms with van der Waals surface area (Å²) in [7, 11) is 0. The number of aromatic nitrogens is 1. The first-order chi connectivity index (χ1) is 9.11. The van der Waals surface area contributed by atoms with Gasteiger partial charge in [0.1, 0.15) is 5.52 Å². The molecule has 0 bridgehead atoms. The first kappa shape index (κ1) is 14.3. The number of alkyl halides is 3. The molecule has 2 aromatic rings. The van der Waals surface area contributed by atoms with Crippen LogP contribution in [0.5, 0.6) is 0 Å². The van der Waals surface area contributed by atoms with Gasteiger partial charge in [0.25, 0.3) is 5.91 Å². The number of rotatable bonds is 2. The summed E-state index contributed by atoms with van der Waals surface area (Å²) in [5, 5.41) is 2.12. The molecular weight excluding hydrogens is 275 g/mol. The van der Waals surface area contributed by atoms with Crippen molar-refractivity contribution < 1.29 is 22.4 Å². The second kappa shape index (κ2) is 4.48. The Morgan fingerprint density at radius 1 is 1.40 bits per heavy atom. The molecule has 2 rings (SSSR count). The van der Waals surface area contributed by atoms with E-state index in [1.165, 1.54) is 18.2 Å². The van der Waals surface area contributed by atoms with Gasteiger partial charge in [-0.1, -0.05) is 0 Å². The van der Waals surface area contributed by atoms with E-state index in [2.05, 4.69) is 10.3 Å². The van der Waals surface area contributed by atoms with Crippen molar-refractivity contribution in [2.75, 3.05) is 5.32 Å². The maximum Gasteiger partial charge on any atom is 0.415 e. The lowest BCUT2D eigenvalue weighted by Crippen LogP contribution is -2.59. The van der Waals surface area contributed by atoms with Crippen molar-refractivity contribution in [3.05, 3.63) is 24.1 Å². The van der Waals surface area contributed by atoms with Crippen molar-refractivity contribution in [3.63, 3.8) is 0 Å². The Bertz CT molecular complexity index is 662. The van der Waals surface area contributed by atoms with Crippen LogP contribution >= 0.6 is 0 Å². The fraction of sp³-hybridized carbons (Fsp3) is 0.333. The molecule has 8 heteroatoms.